The van der Waals surface area contributed by atoms with Crippen LogP contribution in [0.15, 0.2) is 24.3 Å². The van der Waals surface area contributed by atoms with Crippen molar-refractivity contribution in [3.63, 3.8) is 0 Å². The average molecular weight is 262 g/mol. The molecule has 2 N–H and O–H groups in total. The number of nitrogens with zero attached hydrogens (tertiary/aromatic N) is 1. The van der Waals surface area contributed by atoms with Crippen LogP contribution >= 0.6 is 0 Å². The summed E-state index contributed by atoms with van der Waals surface area (Å²) in [5.74, 6) is 0.390. The van der Waals surface area contributed by atoms with E-state index in [1.165, 1.54) is 0 Å². The van der Waals surface area contributed by atoms with E-state index in [4.69, 9.17) is 0 Å². The lowest BCUT2D eigenvalue weighted by atomic mass is 10.1. The maximum atomic E-state index is 12.0. The minimum absolute atomic E-state index is 0.0771. The van der Waals surface area contributed by atoms with Crippen LogP contribution in [0.3, 0.4) is 0 Å². The second-order valence-electron chi connectivity index (χ2n) is 5.39. The van der Waals surface area contributed by atoms with E-state index in [1.54, 1.807) is 6.07 Å². The van der Waals surface area contributed by atoms with Gasteiger partial charge in [-0.3, -0.25) is 4.79 Å². The molecule has 1 amide bonds. The van der Waals surface area contributed by atoms with Gasteiger partial charge in [-0.25, -0.2) is 0 Å². The monoisotopic (exact) mass is 262 g/mol. The molecule has 4 nitrogen and oxygen atoms in total. The molecule has 1 aromatic rings. The fourth-order valence-corrected chi connectivity index (χ4v) is 2.08. The van der Waals surface area contributed by atoms with Crippen molar-refractivity contribution in [2.24, 2.45) is 5.92 Å². The van der Waals surface area contributed by atoms with Crippen LogP contribution < -0.4 is 10.2 Å². The van der Waals surface area contributed by atoms with E-state index in [-0.39, 0.29) is 12.0 Å². The molecule has 2 rings (SSSR count). The molecule has 19 heavy (non-hydrogen) atoms. The first kappa shape index (κ1) is 13.9. The van der Waals surface area contributed by atoms with Crippen LogP contribution in [-0.4, -0.2) is 37.8 Å². The highest BCUT2D eigenvalue weighted by atomic mass is 16.3. The average Bonchev–Trinajstić information content (AvgIpc) is 3.23. The highest BCUT2D eigenvalue weighted by Gasteiger charge is 2.29. The maximum Gasteiger partial charge on any atom is 0.251 e. The molecule has 1 saturated carbocycles. The van der Waals surface area contributed by atoms with E-state index in [1.807, 2.05) is 37.2 Å². The predicted octanol–water partition coefficient (Wildman–Crippen LogP) is 1.64. The molecule has 0 saturated heterocycles. The van der Waals surface area contributed by atoms with Gasteiger partial charge in [0, 0.05) is 31.9 Å². The first-order valence-corrected chi connectivity index (χ1v) is 6.81. The molecule has 0 heterocycles. The lowest BCUT2D eigenvalue weighted by molar-refractivity contribution is 0.0937. The summed E-state index contributed by atoms with van der Waals surface area (Å²) >= 11 is 0. The summed E-state index contributed by atoms with van der Waals surface area (Å²) in [5, 5.41) is 12.6. The number of aliphatic hydroxyl groups is 1. The second kappa shape index (κ2) is 6.06. The van der Waals surface area contributed by atoms with Crippen molar-refractivity contribution in [3.8, 4) is 0 Å². The topological polar surface area (TPSA) is 52.6 Å². The van der Waals surface area contributed by atoms with Gasteiger partial charge in [0.05, 0.1) is 6.10 Å². The smallest absolute Gasteiger partial charge is 0.251 e. The van der Waals surface area contributed by atoms with E-state index in [2.05, 4.69) is 5.32 Å². The summed E-state index contributed by atoms with van der Waals surface area (Å²) in [6.45, 7) is 0.530. The van der Waals surface area contributed by atoms with Gasteiger partial charge in [0.2, 0.25) is 0 Å². The Hall–Kier alpha value is -1.55. The number of anilines is 1. The lowest BCUT2D eigenvalue weighted by Gasteiger charge is -2.14. The second-order valence-corrected chi connectivity index (χ2v) is 5.39. The Morgan fingerprint density at radius 3 is 2.84 bits per heavy atom. The first-order valence-electron chi connectivity index (χ1n) is 6.81. The number of aliphatic hydroxyl groups excluding tert-OH is 1. The van der Waals surface area contributed by atoms with Crippen molar-refractivity contribution in [2.45, 2.75) is 25.4 Å². The Bertz CT molecular complexity index is 442. The van der Waals surface area contributed by atoms with E-state index < -0.39 is 0 Å². The highest BCUT2D eigenvalue weighted by Crippen LogP contribution is 2.33. The zero-order chi connectivity index (χ0) is 13.8. The van der Waals surface area contributed by atoms with Gasteiger partial charge < -0.3 is 15.3 Å². The molecular formula is C15H22N2O2. The fourth-order valence-electron chi connectivity index (χ4n) is 2.08. The molecule has 1 fully saturated rings. The summed E-state index contributed by atoms with van der Waals surface area (Å²) in [6.07, 6.45) is 2.64. The molecule has 0 aliphatic heterocycles. The number of benzene rings is 1. The van der Waals surface area contributed by atoms with Crippen molar-refractivity contribution in [1.29, 1.82) is 0 Å². The zero-order valence-corrected chi connectivity index (χ0v) is 11.6. The standard InChI is InChI=1S/C15H22N2O2/c1-17(2)13-5-3-4-12(10-13)15(19)16-9-8-14(18)11-6-7-11/h3-5,10-11,14,18H,6-9H2,1-2H3,(H,16,19)/t14-/m0/s1. The summed E-state index contributed by atoms with van der Waals surface area (Å²) in [5.41, 5.74) is 1.66. The van der Waals surface area contributed by atoms with Crippen LogP contribution in [-0.2, 0) is 0 Å². The molecule has 0 unspecified atom stereocenters. The minimum Gasteiger partial charge on any atom is -0.393 e. The van der Waals surface area contributed by atoms with Crippen molar-refractivity contribution >= 4 is 11.6 Å². The maximum absolute atomic E-state index is 12.0. The molecule has 1 aromatic carbocycles. The zero-order valence-electron chi connectivity index (χ0n) is 11.6. The van der Waals surface area contributed by atoms with Gasteiger partial charge in [-0.2, -0.15) is 0 Å². The largest absolute Gasteiger partial charge is 0.393 e. The van der Waals surface area contributed by atoms with E-state index in [0.29, 0.717) is 24.4 Å². The van der Waals surface area contributed by atoms with Gasteiger partial charge in [-0.05, 0) is 43.4 Å². The van der Waals surface area contributed by atoms with E-state index >= 15 is 0 Å². The van der Waals surface area contributed by atoms with Crippen molar-refractivity contribution in [1.82, 2.24) is 5.32 Å². The Balaban J connectivity index is 1.83. The normalized spacial score (nSPS) is 15.9. The van der Waals surface area contributed by atoms with E-state index in [9.17, 15) is 9.90 Å². The SMILES string of the molecule is CN(C)c1cccc(C(=O)NCC[C@H](O)C2CC2)c1. The van der Waals surface area contributed by atoms with Crippen molar-refractivity contribution in [2.75, 3.05) is 25.5 Å². The number of carbonyl (C=O) groups excluding carboxylic acids is 1. The molecular weight excluding hydrogens is 240 g/mol. The Kier molecular flexibility index (Phi) is 4.43. The van der Waals surface area contributed by atoms with Gasteiger partial charge in [-0.1, -0.05) is 6.07 Å². The quantitative estimate of drug-likeness (QED) is 0.819. The van der Waals surface area contributed by atoms with Gasteiger partial charge >= 0.3 is 0 Å². The van der Waals surface area contributed by atoms with Gasteiger partial charge in [-0.15, -0.1) is 0 Å². The molecule has 104 valence electrons. The first-order chi connectivity index (χ1) is 9.08. The summed E-state index contributed by atoms with van der Waals surface area (Å²) in [7, 11) is 3.89. The van der Waals surface area contributed by atoms with E-state index in [0.717, 1.165) is 18.5 Å². The Morgan fingerprint density at radius 1 is 1.47 bits per heavy atom. The third kappa shape index (κ3) is 3.96. The van der Waals surface area contributed by atoms with Crippen LogP contribution in [0, 0.1) is 5.92 Å². The van der Waals surface area contributed by atoms with Crippen LogP contribution in [0.1, 0.15) is 29.6 Å². The highest BCUT2D eigenvalue weighted by molar-refractivity contribution is 5.95. The summed E-state index contributed by atoms with van der Waals surface area (Å²) in [4.78, 5) is 13.9. The van der Waals surface area contributed by atoms with Gasteiger partial charge in [0.25, 0.3) is 5.91 Å². The Morgan fingerprint density at radius 2 is 2.21 bits per heavy atom. The van der Waals surface area contributed by atoms with Gasteiger partial charge in [0.1, 0.15) is 0 Å². The molecule has 4 heteroatoms. The lowest BCUT2D eigenvalue weighted by Crippen LogP contribution is -2.27. The Labute approximate surface area is 114 Å². The molecule has 0 spiro atoms. The number of nitrogens with one attached hydrogen (secondary N) is 1. The molecule has 0 aromatic heterocycles. The van der Waals surface area contributed by atoms with Crippen LogP contribution in [0.5, 0.6) is 0 Å². The van der Waals surface area contributed by atoms with Gasteiger partial charge in [0.15, 0.2) is 0 Å². The number of carbonyl (C=O) groups is 1. The van der Waals surface area contributed by atoms with Crippen LogP contribution in [0.4, 0.5) is 5.69 Å². The summed E-state index contributed by atoms with van der Waals surface area (Å²) in [6, 6.07) is 7.52. The molecule has 1 aliphatic carbocycles. The number of hydrogen-bond donors (Lipinski definition) is 2. The fraction of sp³-hybridized carbons (Fsp3) is 0.533. The van der Waals surface area contributed by atoms with Crippen molar-refractivity contribution in [3.05, 3.63) is 29.8 Å². The predicted molar refractivity (Wildman–Crippen MR) is 76.5 cm³/mol. The third-order valence-corrected chi connectivity index (χ3v) is 3.52. The number of amides is 1. The minimum atomic E-state index is -0.256. The number of hydrogen-bond acceptors (Lipinski definition) is 3. The molecule has 0 radical (unpaired) electrons. The molecule has 0 bridgehead atoms. The van der Waals surface area contributed by atoms with Crippen LogP contribution in [0.25, 0.3) is 0 Å². The van der Waals surface area contributed by atoms with Crippen LogP contribution in [0.2, 0.25) is 0 Å². The molecule has 1 aliphatic rings. The summed E-state index contributed by atoms with van der Waals surface area (Å²) < 4.78 is 0. The number of rotatable bonds is 6. The third-order valence-electron chi connectivity index (χ3n) is 3.52. The van der Waals surface area contributed by atoms with Crippen molar-refractivity contribution < 1.29 is 9.90 Å². The molecule has 1 atom stereocenters.